The van der Waals surface area contributed by atoms with E-state index in [-0.39, 0.29) is 18.3 Å². The second-order valence-electron chi connectivity index (χ2n) is 9.47. The van der Waals surface area contributed by atoms with Crippen LogP contribution in [-0.2, 0) is 19.1 Å². The average Bonchev–Trinajstić information content (AvgIpc) is 3.40. The van der Waals surface area contributed by atoms with Crippen LogP contribution in [-0.4, -0.2) is 47.2 Å². The van der Waals surface area contributed by atoms with E-state index in [0.717, 1.165) is 15.2 Å². The van der Waals surface area contributed by atoms with Gasteiger partial charge in [-0.05, 0) is 42.7 Å². The Balaban J connectivity index is 1.47. The lowest BCUT2D eigenvalue weighted by molar-refractivity contribution is -0.138. The molecular formula is C30H23BrN2O5. The van der Waals surface area contributed by atoms with Crippen LogP contribution in [0, 0.1) is 11.8 Å². The molecule has 6 rings (SSSR count). The molecule has 0 radical (unpaired) electrons. The van der Waals surface area contributed by atoms with Crippen LogP contribution in [0.3, 0.4) is 0 Å². The highest BCUT2D eigenvalue weighted by Crippen LogP contribution is 2.48. The molecule has 2 fully saturated rings. The van der Waals surface area contributed by atoms with E-state index >= 15 is 0 Å². The van der Waals surface area contributed by atoms with Gasteiger partial charge in [0.2, 0.25) is 11.8 Å². The second-order valence-corrected chi connectivity index (χ2v) is 10.4. The fourth-order valence-corrected chi connectivity index (χ4v) is 6.09. The minimum atomic E-state index is -0.912. The molecule has 7 nitrogen and oxygen atoms in total. The van der Waals surface area contributed by atoms with Gasteiger partial charge in [0.1, 0.15) is 6.04 Å². The fourth-order valence-electron chi connectivity index (χ4n) is 5.82. The quantitative estimate of drug-likeness (QED) is 0.252. The predicted octanol–water partition coefficient (Wildman–Crippen LogP) is 4.66. The smallest absolute Gasteiger partial charge is 0.337 e. The SMILES string of the molecule is CCOC(=O)C1=C[C@H]2[C@@H]3C(=O)N(c4cccc5ccccc45)C(=O)[C@@H]3[C@H](C(=O)c3ccc(Br)cc3)N2C=C1. The Hall–Kier alpha value is -4.04. The summed E-state index contributed by atoms with van der Waals surface area (Å²) in [7, 11) is 0. The van der Waals surface area contributed by atoms with E-state index in [1.807, 2.05) is 36.4 Å². The summed E-state index contributed by atoms with van der Waals surface area (Å²) < 4.78 is 6.00. The van der Waals surface area contributed by atoms with Crippen LogP contribution >= 0.6 is 15.9 Å². The van der Waals surface area contributed by atoms with Gasteiger partial charge in [-0.3, -0.25) is 14.4 Å². The molecule has 0 spiro atoms. The van der Waals surface area contributed by atoms with E-state index in [0.29, 0.717) is 16.8 Å². The molecule has 0 aliphatic carbocycles. The van der Waals surface area contributed by atoms with Gasteiger partial charge in [-0.2, -0.15) is 0 Å². The lowest BCUT2D eigenvalue weighted by atomic mass is 9.86. The Bertz CT molecular complexity index is 1560. The number of rotatable bonds is 5. The number of hydrogen-bond acceptors (Lipinski definition) is 6. The van der Waals surface area contributed by atoms with E-state index < -0.39 is 35.8 Å². The number of anilines is 1. The first-order valence-electron chi connectivity index (χ1n) is 12.4. The highest BCUT2D eigenvalue weighted by Gasteiger charge is 2.63. The first kappa shape index (κ1) is 24.3. The molecule has 3 heterocycles. The third-order valence-electron chi connectivity index (χ3n) is 7.46. The molecule has 0 unspecified atom stereocenters. The van der Waals surface area contributed by atoms with Gasteiger partial charge in [0.25, 0.3) is 0 Å². The molecule has 38 heavy (non-hydrogen) atoms. The number of amides is 2. The highest BCUT2D eigenvalue weighted by molar-refractivity contribution is 9.10. The molecule has 2 saturated heterocycles. The standard InChI is InChI=1S/C30H23BrN2O5/c1-2-38-30(37)19-14-15-32-23(16-19)24-25(26(32)27(34)18-10-12-20(31)13-11-18)29(36)33(28(24)35)22-9-5-7-17-6-3-4-8-21(17)22/h3-16,23-26H,2H2,1H3/t23-,24-,25-,26+/m0/s1. The molecule has 0 bridgehead atoms. The molecule has 8 heteroatoms. The van der Waals surface area contributed by atoms with Crippen LogP contribution in [0.25, 0.3) is 10.8 Å². The Morgan fingerprint density at radius 2 is 1.63 bits per heavy atom. The first-order chi connectivity index (χ1) is 18.4. The molecule has 0 saturated carbocycles. The Morgan fingerprint density at radius 1 is 0.921 bits per heavy atom. The number of ketones is 1. The first-order valence-corrected chi connectivity index (χ1v) is 13.2. The van der Waals surface area contributed by atoms with Crippen molar-refractivity contribution in [3.63, 3.8) is 0 Å². The summed E-state index contributed by atoms with van der Waals surface area (Å²) in [5, 5.41) is 1.67. The largest absolute Gasteiger partial charge is 0.462 e. The Labute approximate surface area is 227 Å². The van der Waals surface area contributed by atoms with Gasteiger partial charge in [-0.1, -0.05) is 64.5 Å². The minimum absolute atomic E-state index is 0.210. The zero-order chi connectivity index (χ0) is 26.6. The van der Waals surface area contributed by atoms with Crippen molar-refractivity contribution < 1.29 is 23.9 Å². The number of ether oxygens (including phenoxy) is 1. The van der Waals surface area contributed by atoms with Crippen LogP contribution in [0.1, 0.15) is 17.3 Å². The molecule has 0 N–H and O–H groups in total. The van der Waals surface area contributed by atoms with Gasteiger partial charge < -0.3 is 9.64 Å². The van der Waals surface area contributed by atoms with E-state index in [2.05, 4.69) is 15.9 Å². The summed E-state index contributed by atoms with van der Waals surface area (Å²) >= 11 is 3.39. The molecule has 190 valence electrons. The normalized spacial score (nSPS) is 23.9. The highest BCUT2D eigenvalue weighted by atomic mass is 79.9. The number of imide groups is 1. The number of carbonyl (C=O) groups excluding carboxylic acids is 4. The minimum Gasteiger partial charge on any atom is -0.462 e. The maximum absolute atomic E-state index is 14.1. The topological polar surface area (TPSA) is 84.0 Å². The van der Waals surface area contributed by atoms with Gasteiger partial charge in [-0.25, -0.2) is 9.69 Å². The number of esters is 1. The van der Waals surface area contributed by atoms with Crippen molar-refractivity contribution in [3.8, 4) is 0 Å². The monoisotopic (exact) mass is 570 g/mol. The number of benzene rings is 3. The van der Waals surface area contributed by atoms with Crippen molar-refractivity contribution in [2.45, 2.75) is 19.0 Å². The number of nitrogens with zero attached hydrogens (tertiary/aromatic N) is 2. The predicted molar refractivity (Wildman–Crippen MR) is 145 cm³/mol. The van der Waals surface area contributed by atoms with Crippen molar-refractivity contribution in [1.82, 2.24) is 4.90 Å². The van der Waals surface area contributed by atoms with E-state index in [4.69, 9.17) is 4.74 Å². The molecule has 3 aromatic rings. The third-order valence-corrected chi connectivity index (χ3v) is 7.99. The van der Waals surface area contributed by atoms with E-state index in [9.17, 15) is 19.2 Å². The molecule has 3 aromatic carbocycles. The molecule has 0 aromatic heterocycles. The number of carbonyl (C=O) groups is 4. The van der Waals surface area contributed by atoms with Crippen LogP contribution in [0.15, 0.2) is 95.1 Å². The molecule has 3 aliphatic rings. The maximum atomic E-state index is 14.1. The Kier molecular flexibility index (Phi) is 5.99. The molecular weight excluding hydrogens is 548 g/mol. The van der Waals surface area contributed by atoms with Crippen LogP contribution in [0.5, 0.6) is 0 Å². The van der Waals surface area contributed by atoms with Crippen molar-refractivity contribution in [3.05, 3.63) is 101 Å². The van der Waals surface area contributed by atoms with E-state index in [1.165, 1.54) is 4.90 Å². The number of halogens is 1. The second kappa shape index (κ2) is 9.36. The summed E-state index contributed by atoms with van der Waals surface area (Å²) in [6, 6.07) is 18.4. The van der Waals surface area contributed by atoms with Crippen LogP contribution in [0.2, 0.25) is 0 Å². The molecule has 4 atom stereocenters. The lowest BCUT2D eigenvalue weighted by Gasteiger charge is -2.32. The third kappa shape index (κ3) is 3.70. The lowest BCUT2D eigenvalue weighted by Crippen LogP contribution is -2.46. The molecule has 3 aliphatic heterocycles. The van der Waals surface area contributed by atoms with Gasteiger partial charge in [0.05, 0.1) is 35.7 Å². The van der Waals surface area contributed by atoms with Gasteiger partial charge in [0.15, 0.2) is 5.78 Å². The zero-order valence-electron chi connectivity index (χ0n) is 20.4. The van der Waals surface area contributed by atoms with Crippen molar-refractivity contribution >= 4 is 56.0 Å². The number of fused-ring (bicyclic) bond motifs is 4. The van der Waals surface area contributed by atoms with Crippen molar-refractivity contribution in [2.75, 3.05) is 11.5 Å². The van der Waals surface area contributed by atoms with Crippen molar-refractivity contribution in [2.24, 2.45) is 11.8 Å². The van der Waals surface area contributed by atoms with Gasteiger partial charge >= 0.3 is 5.97 Å². The number of Topliss-reactive ketones (excluding diaryl/α,β-unsaturated/α-hetero) is 1. The van der Waals surface area contributed by atoms with Gasteiger partial charge in [0, 0.05) is 21.6 Å². The fraction of sp³-hybridized carbons (Fsp3) is 0.200. The van der Waals surface area contributed by atoms with Crippen LogP contribution < -0.4 is 4.90 Å². The zero-order valence-corrected chi connectivity index (χ0v) is 22.0. The maximum Gasteiger partial charge on any atom is 0.337 e. The summed E-state index contributed by atoms with van der Waals surface area (Å²) in [5.41, 5.74) is 1.23. The average molecular weight is 571 g/mol. The summed E-state index contributed by atoms with van der Waals surface area (Å²) in [4.78, 5) is 57.5. The Morgan fingerprint density at radius 3 is 2.39 bits per heavy atom. The van der Waals surface area contributed by atoms with Gasteiger partial charge in [-0.15, -0.1) is 0 Å². The van der Waals surface area contributed by atoms with Crippen LogP contribution in [0.4, 0.5) is 5.69 Å². The molecule has 2 amide bonds. The number of hydrogen-bond donors (Lipinski definition) is 0. The summed E-state index contributed by atoms with van der Waals surface area (Å²) in [5.74, 6) is -3.31. The summed E-state index contributed by atoms with van der Waals surface area (Å²) in [6.07, 6.45) is 4.87. The van der Waals surface area contributed by atoms with Crippen molar-refractivity contribution in [1.29, 1.82) is 0 Å². The van der Waals surface area contributed by atoms with E-state index in [1.54, 1.807) is 60.5 Å². The summed E-state index contributed by atoms with van der Waals surface area (Å²) in [6.45, 7) is 1.93.